The fourth-order valence-corrected chi connectivity index (χ4v) is 2.32. The van der Waals surface area contributed by atoms with Gasteiger partial charge in [0.15, 0.2) is 11.5 Å². The number of hydrazone groups is 1. The zero-order valence-electron chi connectivity index (χ0n) is 12.6. The van der Waals surface area contributed by atoms with Crippen LogP contribution in [-0.2, 0) is 4.79 Å². The van der Waals surface area contributed by atoms with Gasteiger partial charge in [0, 0.05) is 5.71 Å². The van der Waals surface area contributed by atoms with Crippen molar-refractivity contribution in [2.45, 2.75) is 13.3 Å². The van der Waals surface area contributed by atoms with Crippen molar-refractivity contribution in [1.82, 2.24) is 0 Å². The Kier molecular flexibility index (Phi) is 3.85. The Morgan fingerprint density at radius 2 is 1.65 bits per heavy atom. The van der Waals surface area contributed by atoms with Crippen LogP contribution >= 0.6 is 0 Å². The van der Waals surface area contributed by atoms with E-state index >= 15 is 0 Å². The van der Waals surface area contributed by atoms with Gasteiger partial charge in [0.25, 0.3) is 5.91 Å². The lowest BCUT2D eigenvalue weighted by atomic mass is 10.1. The van der Waals surface area contributed by atoms with E-state index in [0.717, 1.165) is 22.5 Å². The van der Waals surface area contributed by atoms with Crippen molar-refractivity contribution in [3.05, 3.63) is 53.6 Å². The molecule has 1 amide bonds. The van der Waals surface area contributed by atoms with Gasteiger partial charge in [0.2, 0.25) is 0 Å². The van der Waals surface area contributed by atoms with Crippen molar-refractivity contribution < 1.29 is 15.0 Å². The highest BCUT2D eigenvalue weighted by Crippen LogP contribution is 2.26. The lowest BCUT2D eigenvalue weighted by Crippen LogP contribution is -2.19. The number of carbonyl (C=O) groups is 1. The van der Waals surface area contributed by atoms with E-state index < -0.39 is 0 Å². The molecule has 1 aliphatic heterocycles. The summed E-state index contributed by atoms with van der Waals surface area (Å²) < 4.78 is 0. The Morgan fingerprint density at radius 3 is 2.26 bits per heavy atom. The molecule has 116 valence electrons. The SMILES string of the molecule is CC1=NN(c2ccc(C=Cc3ccc(O)c(O)c3)cc2)C(=O)C1. The second-order valence-electron chi connectivity index (χ2n) is 5.39. The van der Waals surface area contributed by atoms with E-state index in [0.29, 0.717) is 6.42 Å². The molecule has 0 radical (unpaired) electrons. The summed E-state index contributed by atoms with van der Waals surface area (Å²) in [6.07, 6.45) is 4.08. The Balaban J connectivity index is 1.76. The van der Waals surface area contributed by atoms with Crippen molar-refractivity contribution in [3.63, 3.8) is 0 Å². The molecule has 0 aromatic heterocycles. The van der Waals surface area contributed by atoms with Crippen molar-refractivity contribution in [1.29, 1.82) is 0 Å². The number of carbonyl (C=O) groups excluding carboxylic acids is 1. The average molecular weight is 308 g/mol. The van der Waals surface area contributed by atoms with Crippen LogP contribution in [0.2, 0.25) is 0 Å². The first-order chi connectivity index (χ1) is 11.0. The van der Waals surface area contributed by atoms with Crippen molar-refractivity contribution in [3.8, 4) is 11.5 Å². The topological polar surface area (TPSA) is 73.1 Å². The molecule has 0 spiro atoms. The summed E-state index contributed by atoms with van der Waals surface area (Å²) in [7, 11) is 0. The molecule has 2 N–H and O–H groups in total. The number of rotatable bonds is 3. The molecule has 0 atom stereocenters. The third-order valence-electron chi connectivity index (χ3n) is 3.52. The van der Waals surface area contributed by atoms with E-state index in [-0.39, 0.29) is 17.4 Å². The summed E-state index contributed by atoms with van der Waals surface area (Å²) in [6.45, 7) is 1.84. The van der Waals surface area contributed by atoms with Crippen molar-refractivity contribution >= 4 is 29.5 Å². The maximum absolute atomic E-state index is 11.8. The van der Waals surface area contributed by atoms with Crippen LogP contribution in [0.15, 0.2) is 47.6 Å². The number of amides is 1. The Bertz CT molecular complexity index is 808. The fourth-order valence-electron chi connectivity index (χ4n) is 2.32. The van der Waals surface area contributed by atoms with E-state index in [1.807, 2.05) is 43.3 Å². The van der Waals surface area contributed by atoms with Gasteiger partial charge in [0.1, 0.15) is 0 Å². The number of benzene rings is 2. The highest BCUT2D eigenvalue weighted by Gasteiger charge is 2.22. The predicted molar refractivity (Wildman–Crippen MR) is 90.4 cm³/mol. The Hall–Kier alpha value is -3.08. The van der Waals surface area contributed by atoms with E-state index in [2.05, 4.69) is 5.10 Å². The molecule has 1 heterocycles. The van der Waals surface area contributed by atoms with Gasteiger partial charge in [-0.3, -0.25) is 4.79 Å². The van der Waals surface area contributed by atoms with Crippen LogP contribution in [0, 0.1) is 0 Å². The smallest absolute Gasteiger partial charge is 0.253 e. The number of anilines is 1. The zero-order chi connectivity index (χ0) is 16.4. The predicted octanol–water partition coefficient (Wildman–Crippen LogP) is 3.38. The minimum atomic E-state index is -0.150. The molecule has 0 fully saturated rings. The molecule has 0 bridgehead atoms. The molecule has 2 aromatic rings. The normalized spacial score (nSPS) is 14.6. The second-order valence-corrected chi connectivity index (χ2v) is 5.39. The van der Waals surface area contributed by atoms with Gasteiger partial charge >= 0.3 is 0 Å². The number of hydrogen-bond acceptors (Lipinski definition) is 4. The maximum Gasteiger partial charge on any atom is 0.253 e. The lowest BCUT2D eigenvalue weighted by molar-refractivity contribution is -0.116. The van der Waals surface area contributed by atoms with Gasteiger partial charge in [-0.15, -0.1) is 0 Å². The molecule has 2 aromatic carbocycles. The van der Waals surface area contributed by atoms with Crippen LogP contribution in [0.1, 0.15) is 24.5 Å². The lowest BCUT2D eigenvalue weighted by Gasteiger charge is -2.11. The Labute approximate surface area is 133 Å². The maximum atomic E-state index is 11.8. The van der Waals surface area contributed by atoms with Crippen molar-refractivity contribution in [2.75, 3.05) is 5.01 Å². The van der Waals surface area contributed by atoms with Crippen LogP contribution in [0.4, 0.5) is 5.69 Å². The molecule has 0 saturated carbocycles. The summed E-state index contributed by atoms with van der Waals surface area (Å²) >= 11 is 0. The van der Waals surface area contributed by atoms with Gasteiger partial charge in [-0.05, 0) is 42.3 Å². The Morgan fingerprint density at radius 1 is 1.00 bits per heavy atom. The quantitative estimate of drug-likeness (QED) is 0.674. The number of hydrogen-bond donors (Lipinski definition) is 2. The summed E-state index contributed by atoms with van der Waals surface area (Å²) in [5.74, 6) is -0.314. The van der Waals surface area contributed by atoms with Crippen LogP contribution in [0.3, 0.4) is 0 Å². The fraction of sp³-hybridized carbons (Fsp3) is 0.111. The monoisotopic (exact) mass is 308 g/mol. The molecule has 0 unspecified atom stereocenters. The van der Waals surface area contributed by atoms with E-state index in [1.165, 1.54) is 17.1 Å². The average Bonchev–Trinajstić information content (AvgIpc) is 2.87. The van der Waals surface area contributed by atoms with E-state index in [1.54, 1.807) is 6.07 Å². The molecule has 0 aliphatic carbocycles. The minimum absolute atomic E-state index is 0.0228. The summed E-state index contributed by atoms with van der Waals surface area (Å²) in [5.41, 5.74) is 3.28. The molecular weight excluding hydrogens is 292 g/mol. The molecule has 3 rings (SSSR count). The van der Waals surface area contributed by atoms with Gasteiger partial charge in [-0.25, -0.2) is 5.01 Å². The van der Waals surface area contributed by atoms with E-state index in [4.69, 9.17) is 0 Å². The first kappa shape index (κ1) is 14.8. The molecule has 23 heavy (non-hydrogen) atoms. The van der Waals surface area contributed by atoms with Crippen LogP contribution < -0.4 is 5.01 Å². The number of phenolic OH excluding ortho intramolecular Hbond substituents is 2. The molecular formula is C18H16N2O3. The number of aromatic hydroxyl groups is 2. The summed E-state index contributed by atoms with van der Waals surface area (Å²) in [5, 5.41) is 24.4. The standard InChI is InChI=1S/C18H16N2O3/c1-12-10-18(23)20(19-12)15-7-4-13(5-8-15)2-3-14-6-9-16(21)17(22)11-14/h2-9,11,21-22H,10H2,1H3. The first-order valence-electron chi connectivity index (χ1n) is 7.20. The molecule has 5 heteroatoms. The highest BCUT2D eigenvalue weighted by atomic mass is 16.3. The third kappa shape index (κ3) is 3.23. The van der Waals surface area contributed by atoms with Crippen LogP contribution in [0.25, 0.3) is 12.2 Å². The molecule has 1 aliphatic rings. The largest absolute Gasteiger partial charge is 0.504 e. The second kappa shape index (κ2) is 5.96. The van der Waals surface area contributed by atoms with Gasteiger partial charge in [-0.2, -0.15) is 5.10 Å². The molecule has 5 nitrogen and oxygen atoms in total. The van der Waals surface area contributed by atoms with E-state index in [9.17, 15) is 15.0 Å². The van der Waals surface area contributed by atoms with Crippen LogP contribution in [-0.4, -0.2) is 21.8 Å². The summed E-state index contributed by atoms with van der Waals surface area (Å²) in [4.78, 5) is 11.8. The molecule has 0 saturated heterocycles. The van der Waals surface area contributed by atoms with Gasteiger partial charge in [-0.1, -0.05) is 30.4 Å². The minimum Gasteiger partial charge on any atom is -0.504 e. The number of phenols is 2. The van der Waals surface area contributed by atoms with Crippen molar-refractivity contribution in [2.24, 2.45) is 5.10 Å². The first-order valence-corrected chi connectivity index (χ1v) is 7.20. The van der Waals surface area contributed by atoms with Gasteiger partial charge in [0.05, 0.1) is 12.1 Å². The zero-order valence-corrected chi connectivity index (χ0v) is 12.6. The van der Waals surface area contributed by atoms with Gasteiger partial charge < -0.3 is 10.2 Å². The highest BCUT2D eigenvalue weighted by molar-refractivity contribution is 6.12. The number of nitrogens with zero attached hydrogens (tertiary/aromatic N) is 2. The van der Waals surface area contributed by atoms with Crippen LogP contribution in [0.5, 0.6) is 11.5 Å². The third-order valence-corrected chi connectivity index (χ3v) is 3.52. The summed E-state index contributed by atoms with van der Waals surface area (Å²) in [6, 6.07) is 12.1.